The first-order valence-electron chi connectivity index (χ1n) is 5.28. The number of hydrogen-bond acceptors (Lipinski definition) is 3. The van der Waals surface area contributed by atoms with E-state index >= 15 is 0 Å². The highest BCUT2D eigenvalue weighted by Crippen LogP contribution is 2.20. The van der Waals surface area contributed by atoms with Crippen LogP contribution in [0.3, 0.4) is 0 Å². The zero-order valence-electron chi connectivity index (χ0n) is 9.79. The van der Waals surface area contributed by atoms with Gasteiger partial charge >= 0.3 is 0 Å². The van der Waals surface area contributed by atoms with Crippen LogP contribution in [0.4, 0.5) is 5.82 Å². The molecule has 84 valence electrons. The molecule has 0 saturated heterocycles. The standard InChI is InChI=1S/C11H18ClN3/c1-5-6-9(3)15(4)10-8(2)7-13-11(12)14-10/h7,9H,5-6H2,1-4H3. The molecule has 0 radical (unpaired) electrons. The van der Waals surface area contributed by atoms with Gasteiger partial charge in [-0.2, -0.15) is 0 Å². The monoisotopic (exact) mass is 227 g/mol. The van der Waals surface area contributed by atoms with Crippen LogP contribution < -0.4 is 4.90 Å². The number of hydrogen-bond donors (Lipinski definition) is 0. The highest BCUT2D eigenvalue weighted by atomic mass is 35.5. The van der Waals surface area contributed by atoms with Gasteiger partial charge in [-0.1, -0.05) is 13.3 Å². The second-order valence-electron chi connectivity index (χ2n) is 3.89. The average molecular weight is 228 g/mol. The highest BCUT2D eigenvalue weighted by Gasteiger charge is 2.13. The van der Waals surface area contributed by atoms with E-state index < -0.39 is 0 Å². The molecule has 1 unspecified atom stereocenters. The van der Waals surface area contributed by atoms with Gasteiger partial charge in [0.2, 0.25) is 5.28 Å². The topological polar surface area (TPSA) is 29.0 Å². The highest BCUT2D eigenvalue weighted by molar-refractivity contribution is 6.28. The smallest absolute Gasteiger partial charge is 0.224 e. The molecule has 0 N–H and O–H groups in total. The van der Waals surface area contributed by atoms with Crippen molar-refractivity contribution < 1.29 is 0 Å². The Morgan fingerprint density at radius 2 is 2.20 bits per heavy atom. The van der Waals surface area contributed by atoms with Gasteiger partial charge < -0.3 is 4.90 Å². The Hall–Kier alpha value is -0.830. The van der Waals surface area contributed by atoms with Crippen LogP contribution in [0.5, 0.6) is 0 Å². The fourth-order valence-corrected chi connectivity index (χ4v) is 1.72. The van der Waals surface area contributed by atoms with Gasteiger partial charge in [0, 0.05) is 24.8 Å². The van der Waals surface area contributed by atoms with Crippen LogP contribution in [0.2, 0.25) is 5.28 Å². The fraction of sp³-hybridized carbons (Fsp3) is 0.636. The van der Waals surface area contributed by atoms with Crippen molar-refractivity contribution in [3.05, 3.63) is 17.0 Å². The minimum absolute atomic E-state index is 0.311. The van der Waals surface area contributed by atoms with Crippen molar-refractivity contribution in [1.82, 2.24) is 9.97 Å². The molecule has 0 aliphatic carbocycles. The Morgan fingerprint density at radius 3 is 2.80 bits per heavy atom. The summed E-state index contributed by atoms with van der Waals surface area (Å²) >= 11 is 5.79. The second kappa shape index (κ2) is 5.31. The lowest BCUT2D eigenvalue weighted by Gasteiger charge is -2.26. The Morgan fingerprint density at radius 1 is 1.53 bits per heavy atom. The maximum Gasteiger partial charge on any atom is 0.224 e. The summed E-state index contributed by atoms with van der Waals surface area (Å²) < 4.78 is 0. The summed E-state index contributed by atoms with van der Waals surface area (Å²) in [5.41, 5.74) is 1.06. The molecule has 0 aliphatic rings. The Kier molecular flexibility index (Phi) is 4.33. The van der Waals surface area contributed by atoms with Gasteiger partial charge in [-0.15, -0.1) is 0 Å². The van der Waals surface area contributed by atoms with Crippen LogP contribution in [0.1, 0.15) is 32.3 Å². The second-order valence-corrected chi connectivity index (χ2v) is 4.23. The number of aromatic nitrogens is 2. The third kappa shape index (κ3) is 3.06. The molecule has 0 aromatic carbocycles. The third-order valence-electron chi connectivity index (χ3n) is 2.62. The minimum Gasteiger partial charge on any atom is -0.357 e. The summed E-state index contributed by atoms with van der Waals surface area (Å²) in [7, 11) is 2.05. The van der Waals surface area contributed by atoms with Crippen LogP contribution >= 0.6 is 11.6 Å². The molecule has 0 bridgehead atoms. The zero-order chi connectivity index (χ0) is 11.4. The van der Waals surface area contributed by atoms with Crippen LogP contribution in [0.25, 0.3) is 0 Å². The molecule has 0 fully saturated rings. The summed E-state index contributed by atoms with van der Waals surface area (Å²) in [4.78, 5) is 10.4. The van der Waals surface area contributed by atoms with Crippen molar-refractivity contribution in [3.8, 4) is 0 Å². The van der Waals surface area contributed by atoms with E-state index in [1.54, 1.807) is 6.20 Å². The first-order valence-corrected chi connectivity index (χ1v) is 5.66. The summed E-state index contributed by atoms with van der Waals surface area (Å²) in [5.74, 6) is 0.927. The number of rotatable bonds is 4. The van der Waals surface area contributed by atoms with Gasteiger partial charge in [0.1, 0.15) is 5.82 Å². The van der Waals surface area contributed by atoms with Crippen molar-refractivity contribution in [1.29, 1.82) is 0 Å². The predicted molar refractivity (Wildman–Crippen MR) is 64.6 cm³/mol. The van der Waals surface area contributed by atoms with Crippen LogP contribution in [-0.2, 0) is 0 Å². The van der Waals surface area contributed by atoms with Gasteiger partial charge in [0.05, 0.1) is 0 Å². The SMILES string of the molecule is CCCC(C)N(C)c1nc(Cl)ncc1C. The Labute approximate surface area is 96.5 Å². The van der Waals surface area contributed by atoms with Crippen LogP contribution in [-0.4, -0.2) is 23.1 Å². The van der Waals surface area contributed by atoms with E-state index in [0.717, 1.165) is 17.8 Å². The average Bonchev–Trinajstić information content (AvgIpc) is 2.21. The molecule has 0 aliphatic heterocycles. The number of anilines is 1. The molecule has 3 nitrogen and oxygen atoms in total. The van der Waals surface area contributed by atoms with E-state index in [1.165, 1.54) is 6.42 Å². The third-order valence-corrected chi connectivity index (χ3v) is 2.80. The predicted octanol–water partition coefficient (Wildman–Crippen LogP) is 3.06. The van der Waals surface area contributed by atoms with E-state index in [9.17, 15) is 0 Å². The van der Waals surface area contributed by atoms with E-state index in [1.807, 2.05) is 14.0 Å². The number of nitrogens with zero attached hydrogens (tertiary/aromatic N) is 3. The van der Waals surface area contributed by atoms with Crippen molar-refractivity contribution in [3.63, 3.8) is 0 Å². The summed E-state index contributed by atoms with van der Waals surface area (Å²) in [6, 6.07) is 0.472. The lowest BCUT2D eigenvalue weighted by molar-refractivity contribution is 0.609. The molecular formula is C11H18ClN3. The Bertz CT molecular complexity index is 328. The molecule has 15 heavy (non-hydrogen) atoms. The van der Waals surface area contributed by atoms with Gasteiger partial charge in [0.25, 0.3) is 0 Å². The van der Waals surface area contributed by atoms with E-state index in [-0.39, 0.29) is 0 Å². The molecule has 0 spiro atoms. The largest absolute Gasteiger partial charge is 0.357 e. The van der Waals surface area contributed by atoms with Gasteiger partial charge in [0.15, 0.2) is 0 Å². The first kappa shape index (κ1) is 12.2. The zero-order valence-corrected chi connectivity index (χ0v) is 10.5. The summed E-state index contributed by atoms with van der Waals surface area (Å²) in [6.07, 6.45) is 4.08. The van der Waals surface area contributed by atoms with Gasteiger partial charge in [-0.3, -0.25) is 0 Å². The molecule has 1 rings (SSSR count). The molecule has 0 amide bonds. The van der Waals surface area contributed by atoms with Crippen molar-refractivity contribution in [2.75, 3.05) is 11.9 Å². The molecule has 1 atom stereocenters. The maximum absolute atomic E-state index is 5.79. The summed E-state index contributed by atoms with van der Waals surface area (Å²) in [6.45, 7) is 6.38. The minimum atomic E-state index is 0.311. The van der Waals surface area contributed by atoms with E-state index in [2.05, 4.69) is 28.7 Å². The fourth-order valence-electron chi connectivity index (χ4n) is 1.59. The first-order chi connectivity index (χ1) is 7.06. The van der Waals surface area contributed by atoms with Crippen molar-refractivity contribution >= 4 is 17.4 Å². The maximum atomic E-state index is 5.79. The van der Waals surface area contributed by atoms with Crippen LogP contribution in [0, 0.1) is 6.92 Å². The molecule has 1 heterocycles. The number of halogens is 1. The van der Waals surface area contributed by atoms with Gasteiger partial charge in [-0.25, -0.2) is 9.97 Å². The summed E-state index contributed by atoms with van der Waals surface area (Å²) in [5, 5.41) is 0.311. The molecule has 4 heteroatoms. The molecule has 1 aromatic rings. The molecule has 1 aromatic heterocycles. The van der Waals surface area contributed by atoms with Crippen molar-refractivity contribution in [2.45, 2.75) is 39.7 Å². The Balaban J connectivity index is 2.89. The lowest BCUT2D eigenvalue weighted by atomic mass is 10.1. The van der Waals surface area contributed by atoms with E-state index in [0.29, 0.717) is 11.3 Å². The quantitative estimate of drug-likeness (QED) is 0.741. The number of aryl methyl sites for hydroxylation is 1. The van der Waals surface area contributed by atoms with E-state index in [4.69, 9.17) is 11.6 Å². The van der Waals surface area contributed by atoms with Crippen molar-refractivity contribution in [2.24, 2.45) is 0 Å². The van der Waals surface area contributed by atoms with Gasteiger partial charge in [-0.05, 0) is 31.9 Å². The molecule has 0 saturated carbocycles. The lowest BCUT2D eigenvalue weighted by Crippen LogP contribution is -2.30. The molecular weight excluding hydrogens is 210 g/mol. The normalized spacial score (nSPS) is 12.6. The van der Waals surface area contributed by atoms with Crippen LogP contribution in [0.15, 0.2) is 6.20 Å².